The van der Waals surface area contributed by atoms with E-state index in [1.807, 2.05) is 49.6 Å². The first-order valence-electron chi connectivity index (χ1n) is 10.7. The molecule has 0 unspecified atom stereocenters. The zero-order valence-electron chi connectivity index (χ0n) is 18.0. The van der Waals surface area contributed by atoms with Crippen LogP contribution < -0.4 is 11.0 Å². The number of carbonyl (C=O) groups is 1. The van der Waals surface area contributed by atoms with E-state index >= 15 is 0 Å². The van der Waals surface area contributed by atoms with Gasteiger partial charge in [-0.25, -0.2) is 14.5 Å². The molecule has 0 atom stereocenters. The summed E-state index contributed by atoms with van der Waals surface area (Å²) in [6.45, 7) is 6.95. The Morgan fingerprint density at radius 2 is 1.97 bits per heavy atom. The maximum atomic E-state index is 12.8. The predicted octanol–water partition coefficient (Wildman–Crippen LogP) is 2.70. The van der Waals surface area contributed by atoms with Crippen molar-refractivity contribution < 1.29 is 4.79 Å². The Labute approximate surface area is 185 Å². The maximum absolute atomic E-state index is 12.8. The minimum Gasteiger partial charge on any atom is -0.301 e. The minimum atomic E-state index is -0.0538. The first-order chi connectivity index (χ1) is 15.0. The van der Waals surface area contributed by atoms with Crippen LogP contribution in [0.3, 0.4) is 0 Å². The number of likely N-dealkylation sites (tertiary alicyclic amines) is 1. The standard InChI is InChI=1S/C22H28N6O2S/c1-3-27-20(25-28(22(27)30)13-17-7-5-4-6-8-17)18-9-11-26(12-10-18)14-19(29)24-21-23-16(2)15-31-21/h4-8,15,18H,3,9-14H2,1-2H3,(H,23,24,29). The number of nitrogens with one attached hydrogen (secondary N) is 1. The highest BCUT2D eigenvalue weighted by atomic mass is 32.1. The van der Waals surface area contributed by atoms with Gasteiger partial charge in [0.25, 0.3) is 0 Å². The van der Waals surface area contributed by atoms with E-state index in [4.69, 9.17) is 5.10 Å². The summed E-state index contributed by atoms with van der Waals surface area (Å²) >= 11 is 1.44. The monoisotopic (exact) mass is 440 g/mol. The summed E-state index contributed by atoms with van der Waals surface area (Å²) < 4.78 is 3.37. The van der Waals surface area contributed by atoms with E-state index in [1.165, 1.54) is 11.3 Å². The zero-order chi connectivity index (χ0) is 21.8. The van der Waals surface area contributed by atoms with Gasteiger partial charge in [0.2, 0.25) is 5.91 Å². The second-order valence-corrected chi connectivity index (χ2v) is 8.78. The number of piperidine rings is 1. The smallest absolute Gasteiger partial charge is 0.301 e. The Hall–Kier alpha value is -2.78. The summed E-state index contributed by atoms with van der Waals surface area (Å²) in [7, 11) is 0. The Balaban J connectivity index is 1.37. The molecule has 1 aromatic carbocycles. The zero-order valence-corrected chi connectivity index (χ0v) is 18.8. The lowest BCUT2D eigenvalue weighted by Gasteiger charge is -2.30. The number of anilines is 1. The average molecular weight is 441 g/mol. The number of hydrogen-bond acceptors (Lipinski definition) is 6. The number of amides is 1. The third-order valence-electron chi connectivity index (χ3n) is 5.63. The molecule has 4 rings (SSSR count). The van der Waals surface area contributed by atoms with Crippen LogP contribution in [-0.2, 0) is 17.9 Å². The molecule has 1 aliphatic rings. The summed E-state index contributed by atoms with van der Waals surface area (Å²) in [6, 6.07) is 9.93. The Bertz CT molecular complexity index is 1080. The van der Waals surface area contributed by atoms with Crippen molar-refractivity contribution in [1.82, 2.24) is 24.2 Å². The molecular weight excluding hydrogens is 412 g/mol. The topological polar surface area (TPSA) is 85.1 Å². The Kier molecular flexibility index (Phi) is 6.62. The van der Waals surface area contributed by atoms with Crippen LogP contribution in [-0.4, -0.2) is 49.8 Å². The number of nitrogens with zero attached hydrogens (tertiary/aromatic N) is 5. The Morgan fingerprint density at radius 1 is 1.23 bits per heavy atom. The van der Waals surface area contributed by atoms with E-state index in [1.54, 1.807) is 9.25 Å². The van der Waals surface area contributed by atoms with E-state index in [9.17, 15) is 9.59 Å². The molecule has 3 heterocycles. The number of benzene rings is 1. The van der Waals surface area contributed by atoms with Gasteiger partial charge >= 0.3 is 5.69 Å². The van der Waals surface area contributed by atoms with Crippen LogP contribution in [0.25, 0.3) is 0 Å². The number of aromatic nitrogens is 4. The predicted molar refractivity (Wildman–Crippen MR) is 122 cm³/mol. The molecule has 8 nitrogen and oxygen atoms in total. The average Bonchev–Trinajstić information content (AvgIpc) is 3.31. The van der Waals surface area contributed by atoms with Crippen molar-refractivity contribution in [3.63, 3.8) is 0 Å². The molecule has 1 amide bonds. The van der Waals surface area contributed by atoms with Crippen molar-refractivity contribution in [3.05, 3.63) is 63.3 Å². The highest BCUT2D eigenvalue weighted by molar-refractivity contribution is 7.13. The van der Waals surface area contributed by atoms with Crippen LogP contribution in [0, 0.1) is 6.92 Å². The summed E-state index contributed by atoms with van der Waals surface area (Å²) in [6.07, 6.45) is 1.76. The van der Waals surface area contributed by atoms with Gasteiger partial charge in [-0.3, -0.25) is 14.3 Å². The first-order valence-corrected chi connectivity index (χ1v) is 11.6. The number of rotatable bonds is 7. The summed E-state index contributed by atoms with van der Waals surface area (Å²) in [4.78, 5) is 31.6. The molecule has 3 aromatic rings. The second kappa shape index (κ2) is 9.57. The summed E-state index contributed by atoms with van der Waals surface area (Å²) in [5.41, 5.74) is 1.92. The molecule has 1 N–H and O–H groups in total. The fourth-order valence-electron chi connectivity index (χ4n) is 4.04. The molecule has 0 bridgehead atoms. The molecule has 2 aromatic heterocycles. The van der Waals surface area contributed by atoms with Gasteiger partial charge in [0.15, 0.2) is 5.13 Å². The molecular formula is C22H28N6O2S. The third-order valence-corrected chi connectivity index (χ3v) is 6.50. The van der Waals surface area contributed by atoms with Crippen LogP contribution in [0.1, 0.15) is 42.8 Å². The van der Waals surface area contributed by atoms with Crippen molar-refractivity contribution >= 4 is 22.4 Å². The van der Waals surface area contributed by atoms with E-state index in [0.717, 1.165) is 43.0 Å². The number of aryl methyl sites for hydroxylation is 1. The third kappa shape index (κ3) is 5.11. The lowest BCUT2D eigenvalue weighted by Crippen LogP contribution is -2.39. The van der Waals surface area contributed by atoms with Gasteiger partial charge in [0, 0.05) is 17.8 Å². The lowest BCUT2D eigenvalue weighted by molar-refractivity contribution is -0.117. The largest absolute Gasteiger partial charge is 0.346 e. The number of carbonyl (C=O) groups excluding carboxylic acids is 1. The number of hydrogen-bond donors (Lipinski definition) is 1. The summed E-state index contributed by atoms with van der Waals surface area (Å²) in [5, 5.41) is 10.1. The van der Waals surface area contributed by atoms with Gasteiger partial charge in [-0.2, -0.15) is 5.10 Å². The van der Waals surface area contributed by atoms with Crippen LogP contribution in [0.15, 0.2) is 40.5 Å². The van der Waals surface area contributed by atoms with Crippen LogP contribution >= 0.6 is 11.3 Å². The van der Waals surface area contributed by atoms with E-state index in [0.29, 0.717) is 24.8 Å². The van der Waals surface area contributed by atoms with Crippen LogP contribution in [0.4, 0.5) is 5.13 Å². The molecule has 0 aliphatic carbocycles. The van der Waals surface area contributed by atoms with Crippen molar-refractivity contribution in [2.75, 3.05) is 25.0 Å². The molecule has 9 heteroatoms. The van der Waals surface area contributed by atoms with Gasteiger partial charge in [-0.15, -0.1) is 11.3 Å². The normalized spacial score (nSPS) is 15.3. The summed E-state index contributed by atoms with van der Waals surface area (Å²) in [5.74, 6) is 1.06. The van der Waals surface area contributed by atoms with Gasteiger partial charge in [-0.05, 0) is 45.3 Å². The first kappa shape index (κ1) is 21.5. The molecule has 164 valence electrons. The quantitative estimate of drug-likeness (QED) is 0.611. The second-order valence-electron chi connectivity index (χ2n) is 7.92. The van der Waals surface area contributed by atoms with Crippen molar-refractivity contribution in [3.8, 4) is 0 Å². The van der Waals surface area contributed by atoms with Crippen LogP contribution in [0.2, 0.25) is 0 Å². The molecule has 1 aliphatic heterocycles. The molecule has 0 spiro atoms. The molecule has 0 saturated carbocycles. The minimum absolute atomic E-state index is 0.0367. The SMILES string of the molecule is CCn1c(C2CCN(CC(=O)Nc3nc(C)cs3)CC2)nn(Cc2ccccc2)c1=O. The molecule has 31 heavy (non-hydrogen) atoms. The van der Waals surface area contributed by atoms with E-state index < -0.39 is 0 Å². The fraction of sp³-hybridized carbons (Fsp3) is 0.455. The van der Waals surface area contributed by atoms with Gasteiger partial charge in [0.1, 0.15) is 5.82 Å². The highest BCUT2D eigenvalue weighted by Crippen LogP contribution is 2.26. The van der Waals surface area contributed by atoms with Gasteiger partial charge < -0.3 is 5.32 Å². The fourth-order valence-corrected chi connectivity index (χ4v) is 4.74. The molecule has 0 radical (unpaired) electrons. The highest BCUT2D eigenvalue weighted by Gasteiger charge is 2.27. The van der Waals surface area contributed by atoms with Crippen molar-refractivity contribution in [2.45, 2.75) is 45.7 Å². The van der Waals surface area contributed by atoms with E-state index in [2.05, 4.69) is 15.2 Å². The van der Waals surface area contributed by atoms with Gasteiger partial charge in [-0.1, -0.05) is 30.3 Å². The lowest BCUT2D eigenvalue weighted by atomic mass is 9.96. The van der Waals surface area contributed by atoms with E-state index in [-0.39, 0.29) is 17.5 Å². The van der Waals surface area contributed by atoms with Crippen LogP contribution in [0.5, 0.6) is 0 Å². The van der Waals surface area contributed by atoms with Crippen molar-refractivity contribution in [1.29, 1.82) is 0 Å². The number of thiazole rings is 1. The maximum Gasteiger partial charge on any atom is 0.346 e. The van der Waals surface area contributed by atoms with Crippen molar-refractivity contribution in [2.24, 2.45) is 0 Å². The van der Waals surface area contributed by atoms with Gasteiger partial charge in [0.05, 0.1) is 18.8 Å². The Morgan fingerprint density at radius 3 is 2.61 bits per heavy atom. The molecule has 1 saturated heterocycles. The molecule has 1 fully saturated rings.